The van der Waals surface area contributed by atoms with E-state index in [9.17, 15) is 5.11 Å². The highest BCUT2D eigenvalue weighted by Gasteiger charge is 2.02. The van der Waals surface area contributed by atoms with Gasteiger partial charge < -0.3 is 5.11 Å². The molecule has 1 aromatic heterocycles. The lowest BCUT2D eigenvalue weighted by molar-refractivity contribution is 0.474. The number of benzene rings is 2. The summed E-state index contributed by atoms with van der Waals surface area (Å²) in [6, 6.07) is 12.7. The molecule has 0 atom stereocenters. The molecule has 0 unspecified atom stereocenters. The Bertz CT molecular complexity index is 752. The number of anilines is 1. The van der Waals surface area contributed by atoms with Crippen LogP contribution in [0.2, 0.25) is 5.02 Å². The first-order valence-corrected chi connectivity index (χ1v) is 7.05. The molecule has 0 spiro atoms. The number of aromatic hydroxyl groups is 1. The summed E-state index contributed by atoms with van der Waals surface area (Å²) in [7, 11) is 0. The van der Waals surface area contributed by atoms with E-state index in [-0.39, 0.29) is 5.75 Å². The lowest BCUT2D eigenvalue weighted by atomic mass is 10.2. The van der Waals surface area contributed by atoms with Crippen LogP contribution < -0.4 is 5.43 Å². The van der Waals surface area contributed by atoms with E-state index in [1.54, 1.807) is 12.1 Å². The third-order valence-corrected chi connectivity index (χ3v) is 3.82. The molecule has 20 heavy (non-hydrogen) atoms. The van der Waals surface area contributed by atoms with Gasteiger partial charge in [0, 0.05) is 10.6 Å². The summed E-state index contributed by atoms with van der Waals surface area (Å²) < 4.78 is 1.09. The standard InChI is InChI=1S/C14H10ClN3OS/c15-10-5-6-12(19)9(7-10)8-16-18-14-17-11-3-1-2-4-13(11)20-14/h1-8,19H,(H,17,18). The molecule has 1 heterocycles. The minimum atomic E-state index is 0.129. The second kappa shape index (κ2) is 5.48. The monoisotopic (exact) mass is 303 g/mol. The maximum atomic E-state index is 9.66. The topological polar surface area (TPSA) is 57.5 Å². The number of aromatic nitrogens is 1. The van der Waals surface area contributed by atoms with Gasteiger partial charge >= 0.3 is 0 Å². The van der Waals surface area contributed by atoms with Crippen LogP contribution in [0.4, 0.5) is 5.13 Å². The van der Waals surface area contributed by atoms with Gasteiger partial charge in [0.05, 0.1) is 16.4 Å². The SMILES string of the molecule is Oc1ccc(Cl)cc1C=NNc1nc2ccccc2s1. The zero-order valence-corrected chi connectivity index (χ0v) is 11.8. The Balaban J connectivity index is 1.78. The first-order valence-electron chi connectivity index (χ1n) is 5.85. The minimum Gasteiger partial charge on any atom is -0.507 e. The quantitative estimate of drug-likeness (QED) is 0.565. The largest absolute Gasteiger partial charge is 0.507 e. The number of hydrazone groups is 1. The Kier molecular flexibility index (Phi) is 3.54. The Morgan fingerprint density at radius 2 is 2.10 bits per heavy atom. The number of nitrogens with one attached hydrogen (secondary N) is 1. The molecule has 0 aliphatic heterocycles. The highest BCUT2D eigenvalue weighted by molar-refractivity contribution is 7.22. The zero-order chi connectivity index (χ0) is 13.9. The third kappa shape index (κ3) is 2.74. The molecule has 2 aromatic carbocycles. The maximum Gasteiger partial charge on any atom is 0.204 e. The van der Waals surface area contributed by atoms with E-state index in [2.05, 4.69) is 15.5 Å². The fourth-order valence-corrected chi connectivity index (χ4v) is 2.70. The van der Waals surface area contributed by atoms with Crippen LogP contribution in [-0.4, -0.2) is 16.3 Å². The summed E-state index contributed by atoms with van der Waals surface area (Å²) in [5, 5.41) is 15.0. The predicted octanol–water partition coefficient (Wildman–Crippen LogP) is 4.10. The summed E-state index contributed by atoms with van der Waals surface area (Å²) in [4.78, 5) is 4.39. The number of halogens is 1. The lowest BCUT2D eigenvalue weighted by Gasteiger charge is -1.98. The van der Waals surface area contributed by atoms with Crippen molar-refractivity contribution >= 4 is 44.5 Å². The number of hydrogen-bond donors (Lipinski definition) is 2. The summed E-state index contributed by atoms with van der Waals surface area (Å²) in [5.74, 6) is 0.129. The molecule has 3 aromatic rings. The molecule has 0 bridgehead atoms. The predicted molar refractivity (Wildman–Crippen MR) is 84.0 cm³/mol. The molecule has 3 rings (SSSR count). The number of fused-ring (bicyclic) bond motifs is 1. The van der Waals surface area contributed by atoms with Crippen molar-refractivity contribution in [2.75, 3.05) is 5.43 Å². The van der Waals surface area contributed by atoms with Gasteiger partial charge in [-0.3, -0.25) is 5.43 Å². The number of thiazole rings is 1. The van der Waals surface area contributed by atoms with Crippen LogP contribution >= 0.6 is 22.9 Å². The van der Waals surface area contributed by atoms with Crippen molar-refractivity contribution in [1.29, 1.82) is 0 Å². The van der Waals surface area contributed by atoms with Gasteiger partial charge in [0.2, 0.25) is 5.13 Å². The number of para-hydroxylation sites is 1. The highest BCUT2D eigenvalue weighted by atomic mass is 35.5. The van der Waals surface area contributed by atoms with Gasteiger partial charge in [0.1, 0.15) is 5.75 Å². The number of phenolic OH excluding ortho intramolecular Hbond substituents is 1. The van der Waals surface area contributed by atoms with Crippen LogP contribution in [0.3, 0.4) is 0 Å². The van der Waals surface area contributed by atoms with Gasteiger partial charge in [-0.05, 0) is 30.3 Å². The van der Waals surface area contributed by atoms with Gasteiger partial charge in [-0.2, -0.15) is 5.10 Å². The number of nitrogens with zero attached hydrogens (tertiary/aromatic N) is 2. The lowest BCUT2D eigenvalue weighted by Crippen LogP contribution is -1.90. The van der Waals surface area contributed by atoms with E-state index in [1.165, 1.54) is 23.6 Å². The van der Waals surface area contributed by atoms with Crippen LogP contribution in [0.25, 0.3) is 10.2 Å². The third-order valence-electron chi connectivity index (χ3n) is 2.65. The molecule has 0 aliphatic rings. The van der Waals surface area contributed by atoms with Crippen LogP contribution in [0.15, 0.2) is 47.6 Å². The molecular formula is C14H10ClN3OS. The highest BCUT2D eigenvalue weighted by Crippen LogP contribution is 2.25. The maximum absolute atomic E-state index is 9.66. The first-order chi connectivity index (χ1) is 9.72. The molecule has 6 heteroatoms. The van der Waals surface area contributed by atoms with Crippen LogP contribution in [0.1, 0.15) is 5.56 Å². The Morgan fingerprint density at radius 1 is 1.25 bits per heavy atom. The normalized spacial score (nSPS) is 11.2. The van der Waals surface area contributed by atoms with Crippen molar-refractivity contribution in [2.24, 2.45) is 5.10 Å². The Hall–Kier alpha value is -2.11. The number of phenols is 1. The molecule has 0 aliphatic carbocycles. The second-order valence-electron chi connectivity index (χ2n) is 4.06. The van der Waals surface area contributed by atoms with E-state index in [0.29, 0.717) is 15.7 Å². The average Bonchev–Trinajstić information content (AvgIpc) is 2.85. The molecule has 0 radical (unpaired) electrons. The molecule has 0 fully saturated rings. The summed E-state index contributed by atoms with van der Waals surface area (Å²) in [6.45, 7) is 0. The van der Waals surface area contributed by atoms with Crippen molar-refractivity contribution < 1.29 is 5.11 Å². The van der Waals surface area contributed by atoms with Gasteiger partial charge in [0.15, 0.2) is 0 Å². The molecule has 2 N–H and O–H groups in total. The van der Waals surface area contributed by atoms with Crippen molar-refractivity contribution in [3.8, 4) is 5.75 Å². The fraction of sp³-hybridized carbons (Fsp3) is 0. The van der Waals surface area contributed by atoms with E-state index in [1.807, 2.05) is 24.3 Å². The number of rotatable bonds is 3. The van der Waals surface area contributed by atoms with Crippen molar-refractivity contribution in [1.82, 2.24) is 4.98 Å². The van der Waals surface area contributed by atoms with Gasteiger partial charge in [0.25, 0.3) is 0 Å². The minimum absolute atomic E-state index is 0.129. The molecule has 4 nitrogen and oxygen atoms in total. The second-order valence-corrected chi connectivity index (χ2v) is 5.53. The molecule has 100 valence electrons. The number of hydrogen-bond acceptors (Lipinski definition) is 5. The fourth-order valence-electron chi connectivity index (χ4n) is 1.71. The first kappa shape index (κ1) is 12.9. The van der Waals surface area contributed by atoms with Crippen molar-refractivity contribution in [3.05, 3.63) is 53.1 Å². The van der Waals surface area contributed by atoms with E-state index in [4.69, 9.17) is 11.6 Å². The van der Waals surface area contributed by atoms with Crippen LogP contribution in [-0.2, 0) is 0 Å². The van der Waals surface area contributed by atoms with E-state index < -0.39 is 0 Å². The molecule has 0 amide bonds. The molecular weight excluding hydrogens is 294 g/mol. The van der Waals surface area contributed by atoms with Crippen molar-refractivity contribution in [3.63, 3.8) is 0 Å². The Labute approximate surface area is 124 Å². The summed E-state index contributed by atoms with van der Waals surface area (Å²) in [5.41, 5.74) is 4.33. The molecule has 0 saturated carbocycles. The van der Waals surface area contributed by atoms with Crippen LogP contribution in [0, 0.1) is 0 Å². The summed E-state index contributed by atoms with van der Waals surface area (Å²) >= 11 is 7.38. The smallest absolute Gasteiger partial charge is 0.204 e. The van der Waals surface area contributed by atoms with Gasteiger partial charge in [-0.1, -0.05) is 35.1 Å². The van der Waals surface area contributed by atoms with E-state index in [0.717, 1.165) is 10.2 Å². The van der Waals surface area contributed by atoms with Crippen molar-refractivity contribution in [2.45, 2.75) is 0 Å². The van der Waals surface area contributed by atoms with Gasteiger partial charge in [-0.25, -0.2) is 4.98 Å². The Morgan fingerprint density at radius 3 is 2.95 bits per heavy atom. The van der Waals surface area contributed by atoms with E-state index >= 15 is 0 Å². The van der Waals surface area contributed by atoms with Crippen LogP contribution in [0.5, 0.6) is 5.75 Å². The van der Waals surface area contributed by atoms with Gasteiger partial charge in [-0.15, -0.1) is 0 Å². The average molecular weight is 304 g/mol. The summed E-state index contributed by atoms with van der Waals surface area (Å²) in [6.07, 6.45) is 1.51. The molecule has 0 saturated heterocycles. The zero-order valence-electron chi connectivity index (χ0n) is 10.2.